The number of carboxylic acids is 1. The van der Waals surface area contributed by atoms with E-state index in [4.69, 9.17) is 9.84 Å². The first-order valence-corrected chi connectivity index (χ1v) is 12.0. The lowest BCUT2D eigenvalue weighted by Gasteiger charge is -2.23. The Morgan fingerprint density at radius 1 is 1.22 bits per heavy atom. The second-order valence-electron chi connectivity index (χ2n) is 7.14. The van der Waals surface area contributed by atoms with Crippen LogP contribution in [0.1, 0.15) is 31.4 Å². The number of carbonyl (C=O) groups is 4. The van der Waals surface area contributed by atoms with Crippen LogP contribution < -0.4 is 15.0 Å². The number of nitrogens with zero attached hydrogens (tertiary/aromatic N) is 2. The standard InChI is InChI=1S/C21H23N3O6S2/c1-30-14-9-7-13(8-10-14)24(18(28)12-5-3-4-6-12)19(29)17(27)23-21-22-15(11-16(25)26)20(31-2)32-21/h7-10,12H,3-6,11H2,1-2H3,(H,25,26)(H,22,23,27). The number of imide groups is 1. The molecular weight excluding hydrogens is 454 g/mol. The molecule has 1 fully saturated rings. The smallest absolute Gasteiger partial charge is 0.323 e. The van der Waals surface area contributed by atoms with E-state index in [9.17, 15) is 19.2 Å². The molecule has 3 rings (SSSR count). The van der Waals surface area contributed by atoms with Gasteiger partial charge in [-0.15, -0.1) is 11.8 Å². The summed E-state index contributed by atoms with van der Waals surface area (Å²) in [5.74, 6) is -3.27. The van der Waals surface area contributed by atoms with Crippen molar-refractivity contribution >= 4 is 57.6 Å². The first kappa shape index (κ1) is 23.7. The van der Waals surface area contributed by atoms with Crippen LogP contribution in [0.25, 0.3) is 0 Å². The summed E-state index contributed by atoms with van der Waals surface area (Å²) in [4.78, 5) is 55.1. The van der Waals surface area contributed by atoms with Crippen molar-refractivity contribution in [3.05, 3.63) is 30.0 Å². The molecule has 0 atom stereocenters. The minimum Gasteiger partial charge on any atom is -0.497 e. The third-order valence-corrected chi connectivity index (χ3v) is 7.20. The summed E-state index contributed by atoms with van der Waals surface area (Å²) >= 11 is 2.38. The summed E-state index contributed by atoms with van der Waals surface area (Å²) in [6, 6.07) is 6.33. The molecule has 11 heteroatoms. The number of thioether (sulfide) groups is 1. The molecule has 0 aliphatic heterocycles. The van der Waals surface area contributed by atoms with Crippen LogP contribution in [0.15, 0.2) is 28.5 Å². The van der Waals surface area contributed by atoms with Crippen LogP contribution in [0, 0.1) is 5.92 Å². The first-order valence-electron chi connectivity index (χ1n) is 9.92. The van der Waals surface area contributed by atoms with Crippen LogP contribution in [0.4, 0.5) is 10.8 Å². The molecule has 1 aliphatic rings. The highest BCUT2D eigenvalue weighted by atomic mass is 32.2. The zero-order valence-electron chi connectivity index (χ0n) is 17.6. The molecule has 2 aromatic rings. The van der Waals surface area contributed by atoms with Gasteiger partial charge in [0.15, 0.2) is 5.13 Å². The van der Waals surface area contributed by atoms with Crippen LogP contribution in [-0.2, 0) is 25.6 Å². The fourth-order valence-corrected chi connectivity index (χ4v) is 5.12. The van der Waals surface area contributed by atoms with Gasteiger partial charge in [-0.3, -0.25) is 24.5 Å². The van der Waals surface area contributed by atoms with Crippen molar-refractivity contribution < 1.29 is 29.0 Å². The topological polar surface area (TPSA) is 126 Å². The maximum atomic E-state index is 13.1. The molecule has 3 amide bonds. The van der Waals surface area contributed by atoms with E-state index < -0.39 is 23.7 Å². The van der Waals surface area contributed by atoms with Crippen LogP contribution >= 0.6 is 23.1 Å². The summed E-state index contributed by atoms with van der Waals surface area (Å²) < 4.78 is 5.76. The number of nitrogens with one attached hydrogen (secondary N) is 1. The van der Waals surface area contributed by atoms with E-state index in [1.54, 1.807) is 30.5 Å². The average molecular weight is 478 g/mol. The van der Waals surface area contributed by atoms with Crippen molar-refractivity contribution in [3.63, 3.8) is 0 Å². The third-order valence-electron chi connectivity index (χ3n) is 5.04. The van der Waals surface area contributed by atoms with Gasteiger partial charge in [-0.1, -0.05) is 24.2 Å². The zero-order chi connectivity index (χ0) is 23.3. The van der Waals surface area contributed by atoms with Crippen LogP contribution in [-0.4, -0.2) is 47.1 Å². The van der Waals surface area contributed by atoms with Gasteiger partial charge in [0.1, 0.15) is 5.75 Å². The fraction of sp³-hybridized carbons (Fsp3) is 0.381. The Kier molecular flexibility index (Phi) is 7.86. The normalized spacial score (nSPS) is 13.6. The molecule has 0 saturated heterocycles. The number of ether oxygens (including phenoxy) is 1. The number of methoxy groups -OCH3 is 1. The molecule has 1 aromatic carbocycles. The van der Waals surface area contributed by atoms with Gasteiger partial charge < -0.3 is 9.84 Å². The Morgan fingerprint density at radius 3 is 2.44 bits per heavy atom. The molecule has 0 spiro atoms. The van der Waals surface area contributed by atoms with E-state index in [2.05, 4.69) is 10.3 Å². The molecule has 0 radical (unpaired) electrons. The van der Waals surface area contributed by atoms with Gasteiger partial charge in [0.05, 0.1) is 29.1 Å². The van der Waals surface area contributed by atoms with E-state index in [0.29, 0.717) is 28.5 Å². The maximum absolute atomic E-state index is 13.1. The Labute approximate surface area is 193 Å². The summed E-state index contributed by atoms with van der Waals surface area (Å²) in [5.41, 5.74) is 0.588. The molecule has 1 aromatic heterocycles. The molecule has 0 bridgehead atoms. The number of hydrogen-bond acceptors (Lipinski definition) is 8. The molecule has 1 aliphatic carbocycles. The summed E-state index contributed by atoms with van der Waals surface area (Å²) in [6.45, 7) is 0. The van der Waals surface area contributed by atoms with Crippen molar-refractivity contribution in [2.45, 2.75) is 36.3 Å². The molecule has 32 heavy (non-hydrogen) atoms. The SMILES string of the molecule is COc1ccc(N(C(=O)C(=O)Nc2nc(CC(=O)O)c(SC)s2)C(=O)C2CCCC2)cc1. The number of anilines is 2. The van der Waals surface area contributed by atoms with Gasteiger partial charge in [-0.25, -0.2) is 9.88 Å². The predicted molar refractivity (Wildman–Crippen MR) is 121 cm³/mol. The monoisotopic (exact) mass is 477 g/mol. The molecule has 2 N–H and O–H groups in total. The van der Waals surface area contributed by atoms with Crippen molar-refractivity contribution in [1.29, 1.82) is 0 Å². The van der Waals surface area contributed by atoms with Crippen molar-refractivity contribution in [1.82, 2.24) is 4.98 Å². The van der Waals surface area contributed by atoms with Gasteiger partial charge in [-0.05, 0) is 43.4 Å². The first-order chi connectivity index (χ1) is 15.3. The molecule has 1 saturated carbocycles. The Bertz CT molecular complexity index is 1020. The van der Waals surface area contributed by atoms with Gasteiger partial charge in [-0.2, -0.15) is 0 Å². The lowest BCUT2D eigenvalue weighted by Crippen LogP contribution is -2.46. The molecule has 1 heterocycles. The van der Waals surface area contributed by atoms with Gasteiger partial charge in [0.2, 0.25) is 5.91 Å². The molecule has 0 unspecified atom stereocenters. The predicted octanol–water partition coefficient (Wildman–Crippen LogP) is 3.19. The number of thiazole rings is 1. The van der Waals surface area contributed by atoms with E-state index in [1.165, 1.54) is 18.9 Å². The van der Waals surface area contributed by atoms with Crippen molar-refractivity contribution in [2.24, 2.45) is 5.92 Å². The lowest BCUT2D eigenvalue weighted by molar-refractivity contribution is -0.138. The summed E-state index contributed by atoms with van der Waals surface area (Å²) in [6.07, 6.45) is 4.60. The zero-order valence-corrected chi connectivity index (χ0v) is 19.3. The minimum absolute atomic E-state index is 0.104. The molecular formula is C21H23N3O6S2. The fourth-order valence-electron chi connectivity index (χ4n) is 3.49. The Balaban J connectivity index is 1.84. The number of rotatable bonds is 7. The number of hydrogen-bond donors (Lipinski definition) is 2. The third kappa shape index (κ3) is 5.46. The van der Waals surface area contributed by atoms with E-state index in [0.717, 1.165) is 29.1 Å². The Hall–Kier alpha value is -2.92. The van der Waals surface area contributed by atoms with Gasteiger partial charge >= 0.3 is 17.8 Å². The number of aliphatic carboxylic acids is 1. The number of amides is 3. The molecule has 170 valence electrons. The lowest BCUT2D eigenvalue weighted by atomic mass is 10.1. The van der Waals surface area contributed by atoms with Gasteiger partial charge in [0, 0.05) is 5.92 Å². The number of carboxylic acid groups (broad SMARTS) is 1. The van der Waals surface area contributed by atoms with Crippen LogP contribution in [0.3, 0.4) is 0 Å². The van der Waals surface area contributed by atoms with E-state index in [1.807, 2.05) is 0 Å². The van der Waals surface area contributed by atoms with Gasteiger partial charge in [0.25, 0.3) is 0 Å². The Morgan fingerprint density at radius 2 is 1.88 bits per heavy atom. The second-order valence-corrected chi connectivity index (χ2v) is 9.21. The average Bonchev–Trinajstić information content (AvgIpc) is 3.44. The molecule has 9 nitrogen and oxygen atoms in total. The second kappa shape index (κ2) is 10.6. The largest absolute Gasteiger partial charge is 0.497 e. The summed E-state index contributed by atoms with van der Waals surface area (Å²) in [5, 5.41) is 11.6. The number of aromatic nitrogens is 1. The van der Waals surface area contributed by atoms with E-state index in [-0.39, 0.29) is 23.2 Å². The number of benzene rings is 1. The van der Waals surface area contributed by atoms with Crippen molar-refractivity contribution in [2.75, 3.05) is 23.6 Å². The van der Waals surface area contributed by atoms with Crippen LogP contribution in [0.2, 0.25) is 0 Å². The maximum Gasteiger partial charge on any atom is 0.323 e. The minimum atomic E-state index is -1.05. The summed E-state index contributed by atoms with van der Waals surface area (Å²) in [7, 11) is 1.50. The highest BCUT2D eigenvalue weighted by Crippen LogP contribution is 2.32. The highest BCUT2D eigenvalue weighted by molar-refractivity contribution is 8.00. The highest BCUT2D eigenvalue weighted by Gasteiger charge is 2.35. The number of carbonyl (C=O) groups excluding carboxylic acids is 3. The van der Waals surface area contributed by atoms with Crippen LogP contribution in [0.5, 0.6) is 5.75 Å². The van der Waals surface area contributed by atoms with E-state index >= 15 is 0 Å². The van der Waals surface area contributed by atoms with Crippen molar-refractivity contribution in [3.8, 4) is 5.75 Å². The quantitative estimate of drug-likeness (QED) is 0.460.